The Hall–Kier alpha value is -2.38. The summed E-state index contributed by atoms with van der Waals surface area (Å²) >= 11 is 0. The van der Waals surface area contributed by atoms with Crippen LogP contribution in [0.5, 0.6) is 0 Å². The predicted octanol–water partition coefficient (Wildman–Crippen LogP) is 0.776. The van der Waals surface area contributed by atoms with Gasteiger partial charge in [0.15, 0.2) is 23.2 Å². The minimum atomic E-state index is -1.75. The summed E-state index contributed by atoms with van der Waals surface area (Å²) in [6, 6.07) is 8.44. The van der Waals surface area contributed by atoms with Crippen LogP contribution < -0.4 is 10.4 Å². The van der Waals surface area contributed by atoms with Gasteiger partial charge in [0, 0.05) is 12.8 Å². The molecule has 2 aliphatic heterocycles. The topological polar surface area (TPSA) is 92.8 Å². The van der Waals surface area contributed by atoms with Crippen molar-refractivity contribution in [1.29, 1.82) is 0 Å². The third-order valence-corrected chi connectivity index (χ3v) is 5.24. The van der Waals surface area contributed by atoms with E-state index in [2.05, 4.69) is 5.48 Å². The van der Waals surface area contributed by atoms with Crippen molar-refractivity contribution in [2.75, 3.05) is 4.90 Å². The first-order chi connectivity index (χ1) is 11.8. The number of hydroxylamine groups is 1. The van der Waals surface area contributed by atoms with Crippen LogP contribution >= 0.6 is 0 Å². The van der Waals surface area contributed by atoms with Crippen molar-refractivity contribution in [2.45, 2.75) is 38.3 Å². The van der Waals surface area contributed by atoms with Crippen LogP contribution in [0.2, 0.25) is 0 Å². The lowest BCUT2D eigenvalue weighted by Crippen LogP contribution is -2.64. The highest BCUT2D eigenvalue weighted by Crippen LogP contribution is 2.46. The lowest BCUT2D eigenvalue weighted by Gasteiger charge is -2.39. The number of carbonyl (C=O) groups excluding carboxylic acids is 4. The number of hydrogen-bond acceptors (Lipinski definition) is 6. The van der Waals surface area contributed by atoms with Gasteiger partial charge in [-0.3, -0.25) is 24.0 Å². The molecule has 2 amide bonds. The number of nitrogens with one attached hydrogen (secondary N) is 1. The molecule has 25 heavy (non-hydrogen) atoms. The van der Waals surface area contributed by atoms with Gasteiger partial charge in [-0.25, -0.2) is 4.90 Å². The SMILES string of the molecule is CC1(C)CC(=O)C2(NO[C@@H]3C(=O)N(c4ccccc4)C(=O)[C@H]32)C(=O)C1. The van der Waals surface area contributed by atoms with E-state index < -0.39 is 46.4 Å². The number of imide groups is 1. The molecule has 1 aliphatic carbocycles. The first kappa shape index (κ1) is 16.1. The Morgan fingerprint density at radius 2 is 1.60 bits per heavy atom. The molecule has 2 saturated heterocycles. The maximum absolute atomic E-state index is 13.0. The molecule has 0 unspecified atom stereocenters. The molecule has 1 aromatic carbocycles. The molecule has 0 aromatic heterocycles. The Morgan fingerprint density at radius 3 is 2.20 bits per heavy atom. The van der Waals surface area contributed by atoms with Gasteiger partial charge in [0.25, 0.3) is 5.91 Å². The summed E-state index contributed by atoms with van der Waals surface area (Å²) in [7, 11) is 0. The minimum absolute atomic E-state index is 0.144. The van der Waals surface area contributed by atoms with Crippen LogP contribution in [0.3, 0.4) is 0 Å². The molecule has 4 rings (SSSR count). The first-order valence-corrected chi connectivity index (χ1v) is 8.20. The molecule has 0 bridgehead atoms. The smallest absolute Gasteiger partial charge is 0.265 e. The maximum atomic E-state index is 13.0. The molecule has 1 spiro atoms. The number of hydrogen-bond donors (Lipinski definition) is 1. The van der Waals surface area contributed by atoms with E-state index in [4.69, 9.17) is 4.84 Å². The Morgan fingerprint density at radius 1 is 1.00 bits per heavy atom. The average molecular weight is 342 g/mol. The summed E-state index contributed by atoms with van der Waals surface area (Å²) in [5.74, 6) is -3.07. The van der Waals surface area contributed by atoms with Crippen LogP contribution in [-0.2, 0) is 24.0 Å². The quantitative estimate of drug-likeness (QED) is 0.599. The molecule has 2 heterocycles. The summed E-state index contributed by atoms with van der Waals surface area (Å²) in [6.07, 6.45) is -0.877. The Balaban J connectivity index is 1.76. The van der Waals surface area contributed by atoms with Crippen molar-refractivity contribution in [3.63, 3.8) is 0 Å². The van der Waals surface area contributed by atoms with E-state index in [9.17, 15) is 19.2 Å². The fourth-order valence-corrected chi connectivity index (χ4v) is 4.06. The zero-order valence-corrected chi connectivity index (χ0v) is 13.9. The molecule has 7 heteroatoms. The van der Waals surface area contributed by atoms with Gasteiger partial charge >= 0.3 is 0 Å². The van der Waals surface area contributed by atoms with E-state index in [0.29, 0.717) is 5.69 Å². The van der Waals surface area contributed by atoms with Crippen LogP contribution in [0.1, 0.15) is 26.7 Å². The van der Waals surface area contributed by atoms with Gasteiger partial charge in [-0.15, -0.1) is 0 Å². The number of benzene rings is 1. The van der Waals surface area contributed by atoms with E-state index >= 15 is 0 Å². The summed E-state index contributed by atoms with van der Waals surface area (Å²) in [5, 5.41) is 0. The number of fused-ring (bicyclic) bond motifs is 2. The van der Waals surface area contributed by atoms with Gasteiger partial charge in [0.2, 0.25) is 5.91 Å². The highest BCUT2D eigenvalue weighted by Gasteiger charge is 2.70. The summed E-state index contributed by atoms with van der Waals surface area (Å²) in [5.41, 5.74) is 0.659. The largest absolute Gasteiger partial charge is 0.297 e. The van der Waals surface area contributed by atoms with Crippen LogP contribution in [0.25, 0.3) is 0 Å². The number of ketones is 2. The van der Waals surface area contributed by atoms with Gasteiger partial charge in [0.1, 0.15) is 5.92 Å². The van der Waals surface area contributed by atoms with Crippen molar-refractivity contribution in [3.8, 4) is 0 Å². The molecule has 1 saturated carbocycles. The van der Waals surface area contributed by atoms with Crippen LogP contribution in [-0.4, -0.2) is 35.0 Å². The second-order valence-corrected chi connectivity index (χ2v) is 7.64. The van der Waals surface area contributed by atoms with Gasteiger partial charge < -0.3 is 0 Å². The van der Waals surface area contributed by atoms with E-state index in [-0.39, 0.29) is 12.8 Å². The number of anilines is 1. The van der Waals surface area contributed by atoms with Gasteiger partial charge in [-0.05, 0) is 17.5 Å². The molecule has 1 N–H and O–H groups in total. The van der Waals surface area contributed by atoms with Crippen LogP contribution in [0.15, 0.2) is 30.3 Å². The average Bonchev–Trinajstić information content (AvgIpc) is 3.05. The second-order valence-electron chi connectivity index (χ2n) is 7.64. The lowest BCUT2D eigenvalue weighted by molar-refractivity contribution is -0.150. The lowest BCUT2D eigenvalue weighted by atomic mass is 9.63. The summed E-state index contributed by atoms with van der Waals surface area (Å²) in [4.78, 5) is 57.7. The Labute approximate surface area is 144 Å². The zero-order valence-electron chi connectivity index (χ0n) is 13.9. The molecule has 130 valence electrons. The molecule has 1 aromatic rings. The van der Waals surface area contributed by atoms with Crippen LogP contribution in [0, 0.1) is 11.3 Å². The number of para-hydroxylation sites is 1. The molecule has 3 aliphatic rings. The standard InChI is InChI=1S/C18H18N2O5/c1-17(2)8-11(21)18(12(22)9-17)13-14(25-19-18)16(24)20(15(13)23)10-6-4-3-5-7-10/h3-7,13-14,19H,8-9H2,1-2H3/t13-,14-/m0/s1. The van der Waals surface area contributed by atoms with E-state index in [1.165, 1.54) is 0 Å². The molecule has 0 radical (unpaired) electrons. The van der Waals surface area contributed by atoms with Gasteiger partial charge in [-0.1, -0.05) is 32.0 Å². The number of carbonyl (C=O) groups is 4. The molecular formula is C18H18N2O5. The highest BCUT2D eigenvalue weighted by molar-refractivity contribution is 6.29. The number of Topliss-reactive ketones (excluding diaryl/α,β-unsaturated/α-hetero) is 2. The maximum Gasteiger partial charge on any atom is 0.265 e. The Bertz CT molecular complexity index is 781. The number of rotatable bonds is 1. The fraction of sp³-hybridized carbons (Fsp3) is 0.444. The van der Waals surface area contributed by atoms with E-state index in [0.717, 1.165) is 4.90 Å². The third kappa shape index (κ3) is 2.06. The molecule has 7 nitrogen and oxygen atoms in total. The zero-order chi connectivity index (χ0) is 18.0. The van der Waals surface area contributed by atoms with Gasteiger partial charge in [-0.2, -0.15) is 5.48 Å². The van der Waals surface area contributed by atoms with E-state index in [1.807, 2.05) is 13.8 Å². The fourth-order valence-electron chi connectivity index (χ4n) is 4.06. The molecule has 3 fully saturated rings. The highest BCUT2D eigenvalue weighted by atomic mass is 16.7. The second kappa shape index (κ2) is 5.06. The van der Waals surface area contributed by atoms with Crippen molar-refractivity contribution in [3.05, 3.63) is 30.3 Å². The van der Waals surface area contributed by atoms with Crippen molar-refractivity contribution >= 4 is 29.1 Å². The van der Waals surface area contributed by atoms with Crippen molar-refractivity contribution in [1.82, 2.24) is 5.48 Å². The van der Waals surface area contributed by atoms with Crippen molar-refractivity contribution < 1.29 is 24.0 Å². The Kier molecular flexibility index (Phi) is 3.26. The number of amides is 2. The summed E-state index contributed by atoms with van der Waals surface area (Å²) < 4.78 is 0. The van der Waals surface area contributed by atoms with Crippen LogP contribution in [0.4, 0.5) is 5.69 Å². The van der Waals surface area contributed by atoms with Crippen molar-refractivity contribution in [2.24, 2.45) is 11.3 Å². The molecular weight excluding hydrogens is 324 g/mol. The van der Waals surface area contributed by atoms with E-state index in [1.54, 1.807) is 30.3 Å². The third-order valence-electron chi connectivity index (χ3n) is 5.24. The van der Waals surface area contributed by atoms with Gasteiger partial charge in [0.05, 0.1) is 5.69 Å². The monoisotopic (exact) mass is 342 g/mol. The minimum Gasteiger partial charge on any atom is -0.297 e. The number of nitrogens with zero attached hydrogens (tertiary/aromatic N) is 1. The predicted molar refractivity (Wildman–Crippen MR) is 86.2 cm³/mol. The molecule has 2 atom stereocenters. The normalized spacial score (nSPS) is 30.2. The first-order valence-electron chi connectivity index (χ1n) is 8.20. The summed E-state index contributed by atoms with van der Waals surface area (Å²) in [6.45, 7) is 3.67.